The molecule has 0 fully saturated rings. The summed E-state index contributed by atoms with van der Waals surface area (Å²) in [6, 6.07) is 9.88. The minimum absolute atomic E-state index is 0.0263. The standard InChI is InChI=1S/C17H11Br2FN2O2/c18-11-2-4-16-13(5-11)10(9-23)7-22(16)8-17(24)21-15-3-1-12(19)6-14(15)20/h1-7,9H,8H2,(H,21,24). The highest BCUT2D eigenvalue weighted by Crippen LogP contribution is 2.25. The molecule has 0 aliphatic carbocycles. The van der Waals surface area contributed by atoms with Crippen molar-refractivity contribution >= 4 is 60.6 Å². The smallest absolute Gasteiger partial charge is 0.244 e. The minimum atomic E-state index is -0.521. The molecule has 1 N–H and O–H groups in total. The third kappa shape index (κ3) is 3.42. The molecule has 0 atom stereocenters. The fraction of sp³-hybridized carbons (Fsp3) is 0.0588. The Labute approximate surface area is 153 Å². The zero-order chi connectivity index (χ0) is 17.3. The largest absolute Gasteiger partial charge is 0.337 e. The van der Waals surface area contributed by atoms with Crippen LogP contribution >= 0.6 is 31.9 Å². The van der Waals surface area contributed by atoms with E-state index in [9.17, 15) is 14.0 Å². The quantitative estimate of drug-likeness (QED) is 0.579. The average molecular weight is 454 g/mol. The lowest BCUT2D eigenvalue weighted by Gasteiger charge is -2.08. The molecule has 0 unspecified atom stereocenters. The zero-order valence-electron chi connectivity index (χ0n) is 12.2. The molecule has 0 spiro atoms. The third-order valence-electron chi connectivity index (χ3n) is 3.52. The van der Waals surface area contributed by atoms with Gasteiger partial charge in [0.1, 0.15) is 12.4 Å². The number of halogens is 3. The van der Waals surface area contributed by atoms with Crippen LogP contribution in [-0.2, 0) is 11.3 Å². The molecule has 1 aromatic heterocycles. The Morgan fingerprint density at radius 1 is 1.17 bits per heavy atom. The number of amides is 1. The minimum Gasteiger partial charge on any atom is -0.337 e. The van der Waals surface area contributed by atoms with Gasteiger partial charge in [0.25, 0.3) is 0 Å². The van der Waals surface area contributed by atoms with Crippen molar-refractivity contribution in [2.75, 3.05) is 5.32 Å². The summed E-state index contributed by atoms with van der Waals surface area (Å²) in [6.45, 7) is -0.0263. The van der Waals surface area contributed by atoms with Crippen molar-refractivity contribution in [3.05, 3.63) is 62.9 Å². The second-order valence-electron chi connectivity index (χ2n) is 5.16. The van der Waals surface area contributed by atoms with Crippen molar-refractivity contribution in [2.45, 2.75) is 6.54 Å². The number of hydrogen-bond acceptors (Lipinski definition) is 2. The van der Waals surface area contributed by atoms with Crippen molar-refractivity contribution in [2.24, 2.45) is 0 Å². The summed E-state index contributed by atoms with van der Waals surface area (Å²) in [5, 5.41) is 3.29. The Balaban J connectivity index is 1.86. The molecule has 24 heavy (non-hydrogen) atoms. The van der Waals surface area contributed by atoms with E-state index in [0.717, 1.165) is 21.7 Å². The Morgan fingerprint density at radius 3 is 2.58 bits per heavy atom. The maximum absolute atomic E-state index is 13.8. The number of aromatic nitrogens is 1. The highest BCUT2D eigenvalue weighted by atomic mass is 79.9. The molecule has 122 valence electrons. The molecule has 0 aliphatic heterocycles. The van der Waals surface area contributed by atoms with E-state index in [4.69, 9.17) is 0 Å². The fourth-order valence-electron chi connectivity index (χ4n) is 2.46. The van der Waals surface area contributed by atoms with Gasteiger partial charge < -0.3 is 9.88 Å². The summed E-state index contributed by atoms with van der Waals surface area (Å²) in [6.07, 6.45) is 2.36. The number of hydrogen-bond donors (Lipinski definition) is 1. The Morgan fingerprint density at radius 2 is 1.88 bits per heavy atom. The second-order valence-corrected chi connectivity index (χ2v) is 7.00. The van der Waals surface area contributed by atoms with Crippen LogP contribution in [0.5, 0.6) is 0 Å². The normalized spacial score (nSPS) is 10.8. The first-order chi connectivity index (χ1) is 11.5. The van der Waals surface area contributed by atoms with Crippen molar-refractivity contribution in [1.29, 1.82) is 0 Å². The Kier molecular flexibility index (Phi) is 4.82. The summed E-state index contributed by atoms with van der Waals surface area (Å²) < 4.78 is 16.9. The van der Waals surface area contributed by atoms with Gasteiger partial charge in [-0.2, -0.15) is 0 Å². The number of nitrogens with zero attached hydrogens (tertiary/aromatic N) is 1. The van der Waals surface area contributed by atoms with Crippen LogP contribution in [0.4, 0.5) is 10.1 Å². The number of carbonyl (C=O) groups excluding carboxylic acids is 2. The summed E-state index contributed by atoms with van der Waals surface area (Å²) in [5.41, 5.74) is 1.36. The molecule has 0 saturated heterocycles. The van der Waals surface area contributed by atoms with Gasteiger partial charge in [0.2, 0.25) is 5.91 Å². The number of benzene rings is 2. The molecular weight excluding hydrogens is 443 g/mol. The number of rotatable bonds is 4. The molecule has 0 aliphatic rings. The summed E-state index contributed by atoms with van der Waals surface area (Å²) in [4.78, 5) is 23.4. The van der Waals surface area contributed by atoms with Crippen molar-refractivity contribution < 1.29 is 14.0 Å². The topological polar surface area (TPSA) is 51.1 Å². The van der Waals surface area contributed by atoms with E-state index in [-0.39, 0.29) is 18.1 Å². The molecule has 0 saturated carbocycles. The van der Waals surface area contributed by atoms with Crippen LogP contribution in [-0.4, -0.2) is 16.8 Å². The zero-order valence-corrected chi connectivity index (χ0v) is 15.4. The summed E-state index contributed by atoms with van der Waals surface area (Å²) >= 11 is 6.53. The van der Waals surface area contributed by atoms with Crippen LogP contribution in [0.15, 0.2) is 51.5 Å². The lowest BCUT2D eigenvalue weighted by Crippen LogP contribution is -2.19. The second kappa shape index (κ2) is 6.86. The van der Waals surface area contributed by atoms with Gasteiger partial charge in [0.15, 0.2) is 6.29 Å². The van der Waals surface area contributed by atoms with Gasteiger partial charge in [-0.05, 0) is 36.4 Å². The van der Waals surface area contributed by atoms with E-state index < -0.39 is 5.82 Å². The molecule has 0 bridgehead atoms. The maximum atomic E-state index is 13.8. The van der Waals surface area contributed by atoms with Gasteiger partial charge in [0, 0.05) is 31.6 Å². The molecule has 1 amide bonds. The van der Waals surface area contributed by atoms with Gasteiger partial charge in [0.05, 0.1) is 5.69 Å². The van der Waals surface area contributed by atoms with Crippen molar-refractivity contribution in [1.82, 2.24) is 4.57 Å². The molecule has 0 radical (unpaired) electrons. The maximum Gasteiger partial charge on any atom is 0.244 e. The third-order valence-corrected chi connectivity index (χ3v) is 4.51. The first-order valence-corrected chi connectivity index (χ1v) is 8.55. The fourth-order valence-corrected chi connectivity index (χ4v) is 3.15. The molecule has 3 rings (SSSR count). The Bertz CT molecular complexity index is 953. The Hall–Kier alpha value is -1.99. The molecule has 2 aromatic carbocycles. The van der Waals surface area contributed by atoms with E-state index in [2.05, 4.69) is 37.2 Å². The lowest BCUT2D eigenvalue weighted by molar-refractivity contribution is -0.116. The predicted molar refractivity (Wildman–Crippen MR) is 97.8 cm³/mol. The molecular formula is C17H11Br2FN2O2. The molecule has 3 aromatic rings. The SMILES string of the molecule is O=Cc1cn(CC(=O)Nc2ccc(Br)cc2F)c2ccc(Br)cc12. The van der Waals surface area contributed by atoms with Crippen LogP contribution in [0.1, 0.15) is 10.4 Å². The van der Waals surface area contributed by atoms with Crippen LogP contribution < -0.4 is 5.32 Å². The van der Waals surface area contributed by atoms with E-state index in [1.807, 2.05) is 18.2 Å². The highest BCUT2D eigenvalue weighted by Gasteiger charge is 2.13. The van der Waals surface area contributed by atoms with E-state index >= 15 is 0 Å². The number of carbonyl (C=O) groups is 2. The first kappa shape index (κ1) is 16.9. The number of fused-ring (bicyclic) bond motifs is 1. The molecule has 4 nitrogen and oxygen atoms in total. The van der Waals surface area contributed by atoms with E-state index in [1.54, 1.807) is 16.8 Å². The van der Waals surface area contributed by atoms with E-state index in [0.29, 0.717) is 10.0 Å². The van der Waals surface area contributed by atoms with Crippen molar-refractivity contribution in [3.8, 4) is 0 Å². The number of nitrogens with one attached hydrogen (secondary N) is 1. The molecule has 7 heteroatoms. The van der Waals surface area contributed by atoms with Gasteiger partial charge in [-0.3, -0.25) is 9.59 Å². The first-order valence-electron chi connectivity index (χ1n) is 6.96. The highest BCUT2D eigenvalue weighted by molar-refractivity contribution is 9.10. The van der Waals surface area contributed by atoms with E-state index in [1.165, 1.54) is 12.1 Å². The van der Waals surface area contributed by atoms with Crippen molar-refractivity contribution in [3.63, 3.8) is 0 Å². The van der Waals surface area contributed by atoms with Crippen LogP contribution in [0.2, 0.25) is 0 Å². The van der Waals surface area contributed by atoms with Gasteiger partial charge in [-0.25, -0.2) is 4.39 Å². The summed E-state index contributed by atoms with van der Waals surface area (Å²) in [5.74, 6) is -0.902. The van der Waals surface area contributed by atoms with Crippen LogP contribution in [0.25, 0.3) is 10.9 Å². The monoisotopic (exact) mass is 452 g/mol. The average Bonchev–Trinajstić information content (AvgIpc) is 2.87. The van der Waals surface area contributed by atoms with Crippen LogP contribution in [0, 0.1) is 5.82 Å². The number of aldehydes is 1. The lowest BCUT2D eigenvalue weighted by atomic mass is 10.2. The van der Waals surface area contributed by atoms with Gasteiger partial charge >= 0.3 is 0 Å². The van der Waals surface area contributed by atoms with Crippen LogP contribution in [0.3, 0.4) is 0 Å². The number of anilines is 1. The summed E-state index contributed by atoms with van der Waals surface area (Å²) in [7, 11) is 0. The van der Waals surface area contributed by atoms with Gasteiger partial charge in [-0.15, -0.1) is 0 Å². The predicted octanol–water partition coefficient (Wildman–Crippen LogP) is 4.76. The molecule has 1 heterocycles. The van der Waals surface area contributed by atoms with Gasteiger partial charge in [-0.1, -0.05) is 31.9 Å².